The highest BCUT2D eigenvalue weighted by atomic mass is 35.5. The number of benzene rings is 2. The number of non-ortho nitro benzene ring substituents is 1. The maximum absolute atomic E-state index is 13.5. The van der Waals surface area contributed by atoms with Gasteiger partial charge in [0.05, 0.1) is 4.92 Å². The van der Waals surface area contributed by atoms with Gasteiger partial charge >= 0.3 is 0 Å². The molecule has 0 amide bonds. The normalized spacial score (nSPS) is 17.7. The van der Waals surface area contributed by atoms with Crippen molar-refractivity contribution in [3.8, 4) is 0 Å². The lowest BCUT2D eigenvalue weighted by Crippen LogP contribution is -2.46. The SMILES string of the molecule is Cl.O=[N+]([O-])c1ccc(CCN2CCNCC2c2cccc(F)c2)cc1. The van der Waals surface area contributed by atoms with Gasteiger partial charge < -0.3 is 5.32 Å². The van der Waals surface area contributed by atoms with Crippen LogP contribution in [-0.4, -0.2) is 36.0 Å². The van der Waals surface area contributed by atoms with Gasteiger partial charge in [-0.25, -0.2) is 4.39 Å². The van der Waals surface area contributed by atoms with Gasteiger partial charge in [-0.15, -0.1) is 12.4 Å². The van der Waals surface area contributed by atoms with Gasteiger partial charge in [-0.2, -0.15) is 0 Å². The number of nitro benzene ring substituents is 1. The molecule has 5 nitrogen and oxygen atoms in total. The third kappa shape index (κ3) is 4.98. The maximum Gasteiger partial charge on any atom is 0.269 e. The molecule has 1 aliphatic heterocycles. The molecule has 25 heavy (non-hydrogen) atoms. The van der Waals surface area contributed by atoms with Crippen molar-refractivity contribution in [1.82, 2.24) is 10.2 Å². The van der Waals surface area contributed by atoms with Crippen molar-refractivity contribution < 1.29 is 9.31 Å². The number of rotatable bonds is 5. The molecule has 1 N–H and O–H groups in total. The monoisotopic (exact) mass is 365 g/mol. The molecule has 2 aromatic rings. The van der Waals surface area contributed by atoms with Crippen molar-refractivity contribution in [3.63, 3.8) is 0 Å². The average molecular weight is 366 g/mol. The molecule has 134 valence electrons. The van der Waals surface area contributed by atoms with Gasteiger partial charge in [-0.1, -0.05) is 24.3 Å². The predicted molar refractivity (Wildman–Crippen MR) is 97.6 cm³/mol. The lowest BCUT2D eigenvalue weighted by Gasteiger charge is -2.36. The van der Waals surface area contributed by atoms with E-state index in [2.05, 4.69) is 10.2 Å². The van der Waals surface area contributed by atoms with E-state index in [1.807, 2.05) is 6.07 Å². The quantitative estimate of drug-likeness (QED) is 0.652. The Labute approximate surface area is 152 Å². The summed E-state index contributed by atoms with van der Waals surface area (Å²) in [6.45, 7) is 3.44. The summed E-state index contributed by atoms with van der Waals surface area (Å²) in [6, 6.07) is 13.6. The molecule has 1 atom stereocenters. The van der Waals surface area contributed by atoms with E-state index in [4.69, 9.17) is 0 Å². The summed E-state index contributed by atoms with van der Waals surface area (Å²) in [5.41, 5.74) is 2.15. The fourth-order valence-corrected chi connectivity index (χ4v) is 3.11. The highest BCUT2D eigenvalue weighted by Crippen LogP contribution is 2.23. The topological polar surface area (TPSA) is 58.4 Å². The summed E-state index contributed by atoms with van der Waals surface area (Å²) in [5.74, 6) is -0.214. The van der Waals surface area contributed by atoms with Crippen LogP contribution in [0.1, 0.15) is 17.2 Å². The smallest absolute Gasteiger partial charge is 0.269 e. The van der Waals surface area contributed by atoms with E-state index in [1.54, 1.807) is 24.3 Å². The van der Waals surface area contributed by atoms with Gasteiger partial charge in [0.1, 0.15) is 5.82 Å². The summed E-state index contributed by atoms with van der Waals surface area (Å²) in [4.78, 5) is 12.7. The fraction of sp³-hybridized carbons (Fsp3) is 0.333. The van der Waals surface area contributed by atoms with Crippen molar-refractivity contribution in [3.05, 3.63) is 75.6 Å². The molecule has 0 spiro atoms. The lowest BCUT2D eigenvalue weighted by atomic mass is 10.0. The van der Waals surface area contributed by atoms with Crippen LogP contribution < -0.4 is 5.32 Å². The standard InChI is InChI=1S/C18H20FN3O2.ClH/c19-16-3-1-2-15(12-16)18-13-20-9-11-21(18)10-8-14-4-6-17(7-5-14)22(23)24;/h1-7,12,18,20H,8-11,13H2;1H. The minimum Gasteiger partial charge on any atom is -0.314 e. The summed E-state index contributed by atoms with van der Waals surface area (Å²) in [7, 11) is 0. The summed E-state index contributed by atoms with van der Waals surface area (Å²) in [5, 5.41) is 14.1. The van der Waals surface area contributed by atoms with Crippen LogP contribution in [0.15, 0.2) is 48.5 Å². The number of nitrogens with zero attached hydrogens (tertiary/aromatic N) is 2. The second-order valence-corrected chi connectivity index (χ2v) is 5.98. The van der Waals surface area contributed by atoms with E-state index in [9.17, 15) is 14.5 Å². The fourth-order valence-electron chi connectivity index (χ4n) is 3.11. The molecule has 2 aromatic carbocycles. The summed E-state index contributed by atoms with van der Waals surface area (Å²) < 4.78 is 13.5. The van der Waals surface area contributed by atoms with Crippen molar-refractivity contribution in [2.24, 2.45) is 0 Å². The maximum atomic E-state index is 13.5. The van der Waals surface area contributed by atoms with Gasteiger partial charge in [0.2, 0.25) is 0 Å². The second kappa shape index (κ2) is 8.89. The number of nitro groups is 1. The van der Waals surface area contributed by atoms with Crippen LogP contribution in [0, 0.1) is 15.9 Å². The van der Waals surface area contributed by atoms with Crippen molar-refractivity contribution in [1.29, 1.82) is 0 Å². The van der Waals surface area contributed by atoms with Crippen molar-refractivity contribution >= 4 is 18.1 Å². The zero-order chi connectivity index (χ0) is 16.9. The van der Waals surface area contributed by atoms with Crippen LogP contribution in [0.5, 0.6) is 0 Å². The van der Waals surface area contributed by atoms with Gasteiger partial charge in [0.25, 0.3) is 5.69 Å². The van der Waals surface area contributed by atoms with E-state index in [-0.39, 0.29) is 34.9 Å². The zero-order valence-electron chi connectivity index (χ0n) is 13.7. The largest absolute Gasteiger partial charge is 0.314 e. The Hall–Kier alpha value is -2.02. The molecule has 0 aliphatic carbocycles. The van der Waals surface area contributed by atoms with Crippen LogP contribution in [0.3, 0.4) is 0 Å². The van der Waals surface area contributed by atoms with E-state index < -0.39 is 0 Å². The van der Waals surface area contributed by atoms with E-state index in [0.29, 0.717) is 0 Å². The molecule has 1 saturated heterocycles. The number of halogens is 2. The molecule has 0 saturated carbocycles. The minimum absolute atomic E-state index is 0. The highest BCUT2D eigenvalue weighted by Gasteiger charge is 2.23. The van der Waals surface area contributed by atoms with Gasteiger partial charge in [-0.05, 0) is 29.7 Å². The van der Waals surface area contributed by atoms with Crippen molar-refractivity contribution in [2.75, 3.05) is 26.2 Å². The number of hydrogen-bond donors (Lipinski definition) is 1. The Kier molecular flexibility index (Phi) is 6.87. The average Bonchev–Trinajstić information content (AvgIpc) is 2.60. The summed E-state index contributed by atoms with van der Waals surface area (Å²) in [6.07, 6.45) is 0.809. The molecule has 1 unspecified atom stereocenters. The van der Waals surface area contributed by atoms with Crippen LogP contribution in [0.25, 0.3) is 0 Å². The third-order valence-corrected chi connectivity index (χ3v) is 4.42. The molecule has 3 rings (SSSR count). The molecule has 7 heteroatoms. The Morgan fingerprint density at radius 3 is 2.68 bits per heavy atom. The first-order valence-electron chi connectivity index (χ1n) is 8.07. The Balaban J connectivity index is 0.00000225. The minimum atomic E-state index is -0.389. The van der Waals surface area contributed by atoms with E-state index in [0.717, 1.165) is 43.7 Å². The van der Waals surface area contributed by atoms with E-state index in [1.165, 1.54) is 18.2 Å². The second-order valence-electron chi connectivity index (χ2n) is 5.98. The number of piperazine rings is 1. The molecule has 0 aromatic heterocycles. The van der Waals surface area contributed by atoms with Gasteiger partial charge in [0, 0.05) is 44.4 Å². The molecule has 1 heterocycles. The number of hydrogen-bond acceptors (Lipinski definition) is 4. The van der Waals surface area contributed by atoms with Crippen LogP contribution >= 0.6 is 12.4 Å². The third-order valence-electron chi connectivity index (χ3n) is 4.42. The first-order valence-corrected chi connectivity index (χ1v) is 8.07. The molecule has 1 aliphatic rings. The number of nitrogens with one attached hydrogen (secondary N) is 1. The first kappa shape index (κ1) is 19.3. The van der Waals surface area contributed by atoms with Crippen LogP contribution in [-0.2, 0) is 6.42 Å². The summed E-state index contributed by atoms with van der Waals surface area (Å²) >= 11 is 0. The van der Waals surface area contributed by atoms with E-state index >= 15 is 0 Å². The van der Waals surface area contributed by atoms with Gasteiger partial charge in [-0.3, -0.25) is 15.0 Å². The molecule has 0 bridgehead atoms. The molecular weight excluding hydrogens is 345 g/mol. The highest BCUT2D eigenvalue weighted by molar-refractivity contribution is 5.85. The molecule has 0 radical (unpaired) electrons. The molecule has 1 fully saturated rings. The predicted octanol–water partition coefficient (Wildman–Crippen LogP) is 3.34. The Morgan fingerprint density at radius 1 is 1.24 bits per heavy atom. The zero-order valence-corrected chi connectivity index (χ0v) is 14.5. The van der Waals surface area contributed by atoms with Crippen LogP contribution in [0.2, 0.25) is 0 Å². The molecular formula is C18H21ClFN3O2. The lowest BCUT2D eigenvalue weighted by molar-refractivity contribution is -0.384. The van der Waals surface area contributed by atoms with Crippen molar-refractivity contribution in [2.45, 2.75) is 12.5 Å². The Bertz CT molecular complexity index is 712. The first-order chi connectivity index (χ1) is 11.6. The van der Waals surface area contributed by atoms with Gasteiger partial charge in [0.15, 0.2) is 0 Å². The van der Waals surface area contributed by atoms with Crippen LogP contribution in [0.4, 0.5) is 10.1 Å². The Morgan fingerprint density at radius 2 is 2.00 bits per heavy atom.